The minimum Gasteiger partial charge on any atom is -0.507 e. The average molecular weight is 247 g/mol. The molecule has 0 fully saturated rings. The molecule has 0 unspecified atom stereocenters. The van der Waals surface area contributed by atoms with Gasteiger partial charge in [0.15, 0.2) is 6.29 Å². The van der Waals surface area contributed by atoms with Gasteiger partial charge in [0, 0.05) is 0 Å². The van der Waals surface area contributed by atoms with E-state index in [1.807, 2.05) is 0 Å². The van der Waals surface area contributed by atoms with Crippen molar-refractivity contribution in [2.24, 2.45) is 0 Å². The van der Waals surface area contributed by atoms with Crippen LogP contribution in [0.5, 0.6) is 5.75 Å². The van der Waals surface area contributed by atoms with Crippen LogP contribution < -0.4 is 0 Å². The SMILES string of the molecule is Cc1c(C=O)nnn1-c1ccc(O)c(C(=O)O)c1. The smallest absolute Gasteiger partial charge is 0.339 e. The number of carbonyl (C=O) groups excluding carboxylic acids is 1. The molecule has 0 aliphatic carbocycles. The van der Waals surface area contributed by atoms with Crippen molar-refractivity contribution in [3.63, 3.8) is 0 Å². The number of phenols is 1. The van der Waals surface area contributed by atoms with Crippen molar-refractivity contribution in [1.82, 2.24) is 15.0 Å². The largest absolute Gasteiger partial charge is 0.507 e. The quantitative estimate of drug-likeness (QED) is 0.777. The highest BCUT2D eigenvalue weighted by atomic mass is 16.4. The monoisotopic (exact) mass is 247 g/mol. The van der Waals surface area contributed by atoms with Crippen molar-refractivity contribution in [2.75, 3.05) is 0 Å². The summed E-state index contributed by atoms with van der Waals surface area (Å²) in [5, 5.41) is 25.7. The molecule has 18 heavy (non-hydrogen) atoms. The lowest BCUT2D eigenvalue weighted by atomic mass is 10.1. The molecule has 0 spiro atoms. The molecule has 7 heteroatoms. The van der Waals surface area contributed by atoms with Crippen LogP contribution in [0.15, 0.2) is 18.2 Å². The summed E-state index contributed by atoms with van der Waals surface area (Å²) < 4.78 is 1.33. The number of hydrogen-bond donors (Lipinski definition) is 2. The van der Waals surface area contributed by atoms with Crippen LogP contribution in [-0.2, 0) is 0 Å². The maximum atomic E-state index is 10.9. The molecule has 0 atom stereocenters. The summed E-state index contributed by atoms with van der Waals surface area (Å²) in [6, 6.07) is 3.99. The zero-order chi connectivity index (χ0) is 13.3. The number of carbonyl (C=O) groups is 2. The van der Waals surface area contributed by atoms with Crippen LogP contribution in [-0.4, -0.2) is 37.5 Å². The maximum Gasteiger partial charge on any atom is 0.339 e. The topological polar surface area (TPSA) is 105 Å². The van der Waals surface area contributed by atoms with Crippen molar-refractivity contribution < 1.29 is 19.8 Å². The highest BCUT2D eigenvalue weighted by molar-refractivity contribution is 5.91. The van der Waals surface area contributed by atoms with Crippen molar-refractivity contribution in [1.29, 1.82) is 0 Å². The number of aldehydes is 1. The fraction of sp³-hybridized carbons (Fsp3) is 0.0909. The number of carboxylic acids is 1. The molecule has 1 heterocycles. The van der Waals surface area contributed by atoms with Crippen LogP contribution >= 0.6 is 0 Å². The van der Waals surface area contributed by atoms with Crippen LogP contribution in [0.25, 0.3) is 5.69 Å². The molecule has 7 nitrogen and oxygen atoms in total. The lowest BCUT2D eigenvalue weighted by molar-refractivity contribution is 0.0693. The number of aromatic hydroxyl groups is 1. The van der Waals surface area contributed by atoms with Gasteiger partial charge in [0.1, 0.15) is 17.0 Å². The van der Waals surface area contributed by atoms with Crippen molar-refractivity contribution in [2.45, 2.75) is 6.92 Å². The second-order valence-corrected chi connectivity index (χ2v) is 3.60. The van der Waals surface area contributed by atoms with E-state index in [1.54, 1.807) is 6.92 Å². The molecule has 0 saturated heterocycles. The Morgan fingerprint density at radius 1 is 1.44 bits per heavy atom. The summed E-state index contributed by atoms with van der Waals surface area (Å²) >= 11 is 0. The number of rotatable bonds is 3. The first-order chi connectivity index (χ1) is 8.54. The first kappa shape index (κ1) is 11.8. The molecule has 0 amide bonds. The Morgan fingerprint density at radius 2 is 2.17 bits per heavy atom. The Morgan fingerprint density at radius 3 is 2.72 bits per heavy atom. The number of benzene rings is 1. The summed E-state index contributed by atoms with van der Waals surface area (Å²) in [5.41, 5.74) is 0.838. The molecular weight excluding hydrogens is 238 g/mol. The second-order valence-electron chi connectivity index (χ2n) is 3.60. The van der Waals surface area contributed by atoms with Gasteiger partial charge < -0.3 is 10.2 Å². The molecule has 2 rings (SSSR count). The van der Waals surface area contributed by atoms with Gasteiger partial charge in [-0.05, 0) is 25.1 Å². The molecule has 1 aromatic heterocycles. The number of carboxylic acid groups (broad SMARTS) is 1. The van der Waals surface area contributed by atoms with E-state index in [9.17, 15) is 14.7 Å². The average Bonchev–Trinajstić information content (AvgIpc) is 2.71. The predicted molar refractivity (Wildman–Crippen MR) is 60.1 cm³/mol. The van der Waals surface area contributed by atoms with Crippen molar-refractivity contribution in [3.8, 4) is 11.4 Å². The van der Waals surface area contributed by atoms with E-state index in [1.165, 1.54) is 22.9 Å². The first-order valence-corrected chi connectivity index (χ1v) is 4.98. The second kappa shape index (κ2) is 4.28. The Balaban J connectivity index is 2.57. The van der Waals surface area contributed by atoms with E-state index in [0.29, 0.717) is 17.7 Å². The van der Waals surface area contributed by atoms with Crippen LogP contribution in [0, 0.1) is 6.92 Å². The normalized spacial score (nSPS) is 10.3. The van der Waals surface area contributed by atoms with Gasteiger partial charge in [-0.15, -0.1) is 5.10 Å². The molecule has 0 aliphatic heterocycles. The van der Waals surface area contributed by atoms with E-state index in [4.69, 9.17) is 5.11 Å². The van der Waals surface area contributed by atoms with Crippen LogP contribution in [0.1, 0.15) is 26.5 Å². The summed E-state index contributed by atoms with van der Waals surface area (Å²) in [7, 11) is 0. The van der Waals surface area contributed by atoms with Gasteiger partial charge in [0.25, 0.3) is 0 Å². The molecule has 0 bridgehead atoms. The molecule has 1 aromatic carbocycles. The van der Waals surface area contributed by atoms with Crippen molar-refractivity contribution in [3.05, 3.63) is 35.2 Å². The summed E-state index contributed by atoms with van der Waals surface area (Å²) in [4.78, 5) is 21.5. The Bertz CT molecular complexity index is 633. The lowest BCUT2D eigenvalue weighted by Gasteiger charge is -2.05. The van der Waals surface area contributed by atoms with Crippen LogP contribution in [0.4, 0.5) is 0 Å². The summed E-state index contributed by atoms with van der Waals surface area (Å²) in [5.74, 6) is -1.58. The zero-order valence-corrected chi connectivity index (χ0v) is 9.36. The fourth-order valence-corrected chi connectivity index (χ4v) is 1.52. The Labute approximate surface area is 101 Å². The van der Waals surface area contributed by atoms with Crippen LogP contribution in [0.3, 0.4) is 0 Å². The minimum absolute atomic E-state index is 0.181. The fourth-order valence-electron chi connectivity index (χ4n) is 1.52. The van der Waals surface area contributed by atoms with Gasteiger partial charge >= 0.3 is 5.97 Å². The standard InChI is InChI=1S/C11H9N3O4/c1-6-9(5-15)12-13-14(6)7-2-3-10(16)8(4-7)11(17)18/h2-5,16H,1H3,(H,17,18). The van der Waals surface area contributed by atoms with Crippen molar-refractivity contribution >= 4 is 12.3 Å². The van der Waals surface area contributed by atoms with E-state index >= 15 is 0 Å². The molecule has 92 valence electrons. The number of hydrogen-bond acceptors (Lipinski definition) is 5. The molecule has 2 aromatic rings. The highest BCUT2D eigenvalue weighted by Crippen LogP contribution is 2.21. The molecular formula is C11H9N3O4. The third-order valence-corrected chi connectivity index (χ3v) is 2.50. The van der Waals surface area contributed by atoms with Gasteiger partial charge in [0.2, 0.25) is 0 Å². The maximum absolute atomic E-state index is 10.9. The predicted octanol–water partition coefficient (Wildman–Crippen LogP) is 0.792. The summed E-state index contributed by atoms with van der Waals surface area (Å²) in [6.07, 6.45) is 0.567. The molecule has 0 aliphatic rings. The number of nitrogens with zero attached hydrogens (tertiary/aromatic N) is 3. The molecule has 2 N–H and O–H groups in total. The lowest BCUT2D eigenvalue weighted by Crippen LogP contribution is -2.03. The third-order valence-electron chi connectivity index (χ3n) is 2.50. The highest BCUT2D eigenvalue weighted by Gasteiger charge is 2.14. The summed E-state index contributed by atoms with van der Waals surface area (Å²) in [6.45, 7) is 1.64. The van der Waals surface area contributed by atoms with Gasteiger partial charge in [0.05, 0.1) is 11.4 Å². The van der Waals surface area contributed by atoms with E-state index in [2.05, 4.69) is 10.3 Å². The Hall–Kier alpha value is -2.70. The van der Waals surface area contributed by atoms with Gasteiger partial charge in [-0.1, -0.05) is 5.21 Å². The Kier molecular flexibility index (Phi) is 2.80. The molecule has 0 radical (unpaired) electrons. The van der Waals surface area contributed by atoms with E-state index in [-0.39, 0.29) is 17.0 Å². The van der Waals surface area contributed by atoms with Gasteiger partial charge in [-0.3, -0.25) is 4.79 Å². The van der Waals surface area contributed by atoms with E-state index < -0.39 is 5.97 Å². The minimum atomic E-state index is -1.25. The number of aromatic nitrogens is 3. The molecule has 0 saturated carbocycles. The van der Waals surface area contributed by atoms with Gasteiger partial charge in [-0.25, -0.2) is 9.48 Å². The first-order valence-electron chi connectivity index (χ1n) is 4.98. The zero-order valence-electron chi connectivity index (χ0n) is 9.36. The number of aromatic carboxylic acids is 1. The van der Waals surface area contributed by atoms with E-state index in [0.717, 1.165) is 0 Å². The van der Waals surface area contributed by atoms with Gasteiger partial charge in [-0.2, -0.15) is 0 Å². The third kappa shape index (κ3) is 1.81. The van der Waals surface area contributed by atoms with Crippen LogP contribution in [0.2, 0.25) is 0 Å².